The molecule has 3 rings (SSSR count). The van der Waals surface area contributed by atoms with Crippen molar-refractivity contribution in [2.45, 2.75) is 25.3 Å². The van der Waals surface area contributed by atoms with Crippen LogP contribution in [-0.2, 0) is 9.59 Å². The van der Waals surface area contributed by atoms with Crippen LogP contribution in [-0.4, -0.2) is 51.7 Å². The van der Waals surface area contributed by atoms with E-state index in [0.29, 0.717) is 13.1 Å². The third-order valence-corrected chi connectivity index (χ3v) is 4.78. The Morgan fingerprint density at radius 2 is 2.05 bits per heavy atom. The molecule has 1 atom stereocenters. The summed E-state index contributed by atoms with van der Waals surface area (Å²) in [6.07, 6.45) is 6.87. The molecule has 102 valence electrons. The van der Waals surface area contributed by atoms with Crippen LogP contribution in [0.1, 0.15) is 19.3 Å². The molecule has 0 radical (unpaired) electrons. The van der Waals surface area contributed by atoms with E-state index in [-0.39, 0.29) is 34.8 Å². The number of amides is 3. The van der Waals surface area contributed by atoms with Gasteiger partial charge in [-0.25, -0.2) is 0 Å². The highest BCUT2D eigenvalue weighted by Crippen LogP contribution is 2.28. The second-order valence-electron chi connectivity index (χ2n) is 5.20. The minimum Gasteiger partial charge on any atom is -0.338 e. The summed E-state index contributed by atoms with van der Waals surface area (Å²) in [7, 11) is 0. The molecule has 0 bridgehead atoms. The van der Waals surface area contributed by atoms with E-state index in [9.17, 15) is 14.4 Å². The Hall–Kier alpha value is -1.30. The van der Waals surface area contributed by atoms with Crippen LogP contribution in [0.2, 0.25) is 0 Å². The summed E-state index contributed by atoms with van der Waals surface area (Å²) in [4.78, 5) is 38.4. The molecule has 19 heavy (non-hydrogen) atoms. The van der Waals surface area contributed by atoms with Gasteiger partial charge in [-0.15, -0.1) is 0 Å². The highest BCUT2D eigenvalue weighted by atomic mass is 32.2. The first kappa shape index (κ1) is 12.7. The van der Waals surface area contributed by atoms with Crippen LogP contribution in [0.4, 0.5) is 4.79 Å². The van der Waals surface area contributed by atoms with Crippen molar-refractivity contribution in [3.05, 3.63) is 12.2 Å². The van der Waals surface area contributed by atoms with E-state index in [1.54, 1.807) is 4.90 Å². The van der Waals surface area contributed by atoms with Gasteiger partial charge in [0.05, 0.1) is 11.8 Å². The Morgan fingerprint density at radius 3 is 2.63 bits per heavy atom. The Balaban J connectivity index is 1.55. The van der Waals surface area contributed by atoms with Crippen molar-refractivity contribution in [3.8, 4) is 0 Å². The summed E-state index contributed by atoms with van der Waals surface area (Å²) in [5.74, 6) is 0.391. The van der Waals surface area contributed by atoms with E-state index in [1.165, 1.54) is 4.90 Å². The number of likely N-dealkylation sites (tertiary alicyclic amines) is 1. The van der Waals surface area contributed by atoms with Crippen LogP contribution >= 0.6 is 11.8 Å². The zero-order valence-electron chi connectivity index (χ0n) is 10.6. The maximum absolute atomic E-state index is 12.2. The number of thioether (sulfide) groups is 1. The van der Waals surface area contributed by atoms with Crippen molar-refractivity contribution in [3.63, 3.8) is 0 Å². The number of carbonyl (C=O) groups excluding carboxylic acids is 3. The standard InChI is InChI=1S/C13H16N2O3S/c16-11-8-19-13(18)15(11)10-6-14(7-10)12(17)9-4-2-1-3-5-9/h1-2,9-10H,3-8H2. The number of nitrogens with zero attached hydrogens (tertiary/aromatic N) is 2. The molecular formula is C13H16N2O3S. The van der Waals surface area contributed by atoms with Crippen LogP contribution in [0.3, 0.4) is 0 Å². The molecule has 2 fully saturated rings. The average Bonchev–Trinajstić information content (AvgIpc) is 2.70. The molecular weight excluding hydrogens is 264 g/mol. The number of allylic oxidation sites excluding steroid dienone is 2. The number of hydrogen-bond acceptors (Lipinski definition) is 4. The Bertz CT molecular complexity index is 441. The Kier molecular flexibility index (Phi) is 3.35. The molecule has 1 unspecified atom stereocenters. The van der Waals surface area contributed by atoms with Crippen LogP contribution in [0, 0.1) is 5.92 Å². The normalized spacial score (nSPS) is 27.9. The van der Waals surface area contributed by atoms with Gasteiger partial charge in [-0.2, -0.15) is 0 Å². The highest BCUT2D eigenvalue weighted by molar-refractivity contribution is 8.14. The van der Waals surface area contributed by atoms with E-state index in [4.69, 9.17) is 0 Å². The largest absolute Gasteiger partial charge is 0.338 e. The number of carbonyl (C=O) groups is 3. The number of imide groups is 1. The number of hydrogen-bond donors (Lipinski definition) is 0. The summed E-state index contributed by atoms with van der Waals surface area (Å²) < 4.78 is 0. The summed E-state index contributed by atoms with van der Waals surface area (Å²) in [5.41, 5.74) is 0. The molecule has 0 aromatic rings. The molecule has 2 saturated heterocycles. The monoisotopic (exact) mass is 280 g/mol. The fourth-order valence-corrected chi connectivity index (χ4v) is 3.57. The smallest absolute Gasteiger partial charge is 0.289 e. The molecule has 0 N–H and O–H groups in total. The van der Waals surface area contributed by atoms with Gasteiger partial charge >= 0.3 is 0 Å². The molecule has 1 aliphatic carbocycles. The molecule has 0 spiro atoms. The van der Waals surface area contributed by atoms with Crippen LogP contribution in [0.5, 0.6) is 0 Å². The van der Waals surface area contributed by atoms with Gasteiger partial charge in [0.2, 0.25) is 11.8 Å². The third kappa shape index (κ3) is 2.29. The maximum Gasteiger partial charge on any atom is 0.289 e. The molecule has 5 nitrogen and oxygen atoms in total. The lowest BCUT2D eigenvalue weighted by molar-refractivity contribution is -0.145. The summed E-state index contributed by atoms with van der Waals surface area (Å²) in [5, 5.41) is -0.164. The lowest BCUT2D eigenvalue weighted by atomic mass is 9.91. The van der Waals surface area contributed by atoms with Crippen molar-refractivity contribution in [2.75, 3.05) is 18.8 Å². The van der Waals surface area contributed by atoms with Crippen molar-refractivity contribution >= 4 is 28.8 Å². The Morgan fingerprint density at radius 1 is 1.26 bits per heavy atom. The second-order valence-corrected chi connectivity index (χ2v) is 6.12. The first-order valence-corrected chi connectivity index (χ1v) is 7.58. The van der Waals surface area contributed by atoms with Gasteiger partial charge in [-0.05, 0) is 19.3 Å². The number of rotatable bonds is 2. The van der Waals surface area contributed by atoms with Gasteiger partial charge in [0, 0.05) is 19.0 Å². The van der Waals surface area contributed by atoms with Gasteiger partial charge in [0.1, 0.15) is 0 Å². The third-order valence-electron chi connectivity index (χ3n) is 3.94. The van der Waals surface area contributed by atoms with Crippen LogP contribution < -0.4 is 0 Å². The first-order valence-electron chi connectivity index (χ1n) is 6.59. The first-order chi connectivity index (χ1) is 9.16. The van der Waals surface area contributed by atoms with Crippen LogP contribution in [0.25, 0.3) is 0 Å². The molecule has 2 aliphatic heterocycles. The summed E-state index contributed by atoms with van der Waals surface area (Å²) in [6.45, 7) is 1.02. The predicted molar refractivity (Wildman–Crippen MR) is 71.5 cm³/mol. The maximum atomic E-state index is 12.2. The minimum absolute atomic E-state index is 0.0882. The second kappa shape index (κ2) is 5.00. The van der Waals surface area contributed by atoms with E-state index >= 15 is 0 Å². The molecule has 0 aromatic carbocycles. The van der Waals surface area contributed by atoms with Crippen LogP contribution in [0.15, 0.2) is 12.2 Å². The van der Waals surface area contributed by atoms with Crippen molar-refractivity contribution in [1.82, 2.24) is 9.80 Å². The fraction of sp³-hybridized carbons (Fsp3) is 0.615. The molecule has 3 aliphatic rings. The van der Waals surface area contributed by atoms with E-state index in [2.05, 4.69) is 12.2 Å². The van der Waals surface area contributed by atoms with Gasteiger partial charge in [-0.3, -0.25) is 19.3 Å². The van der Waals surface area contributed by atoms with Gasteiger partial charge in [0.15, 0.2) is 0 Å². The van der Waals surface area contributed by atoms with E-state index in [0.717, 1.165) is 31.0 Å². The quantitative estimate of drug-likeness (QED) is 0.714. The summed E-state index contributed by atoms with van der Waals surface area (Å²) >= 11 is 1.05. The molecule has 0 saturated carbocycles. The molecule has 0 aromatic heterocycles. The highest BCUT2D eigenvalue weighted by Gasteiger charge is 2.44. The van der Waals surface area contributed by atoms with E-state index in [1.807, 2.05) is 0 Å². The predicted octanol–water partition coefficient (Wildman–Crippen LogP) is 1.25. The lowest BCUT2D eigenvalue weighted by Crippen LogP contribution is -2.63. The molecule has 3 amide bonds. The Labute approximate surface area is 116 Å². The average molecular weight is 280 g/mol. The molecule has 6 heteroatoms. The van der Waals surface area contributed by atoms with Gasteiger partial charge < -0.3 is 4.90 Å². The zero-order chi connectivity index (χ0) is 13.4. The van der Waals surface area contributed by atoms with Crippen molar-refractivity contribution in [1.29, 1.82) is 0 Å². The van der Waals surface area contributed by atoms with Gasteiger partial charge in [-0.1, -0.05) is 23.9 Å². The van der Waals surface area contributed by atoms with Gasteiger partial charge in [0.25, 0.3) is 5.24 Å². The zero-order valence-corrected chi connectivity index (χ0v) is 11.4. The fourth-order valence-electron chi connectivity index (χ4n) is 2.79. The minimum atomic E-state index is -0.164. The molecule has 2 heterocycles. The topological polar surface area (TPSA) is 57.7 Å². The lowest BCUT2D eigenvalue weighted by Gasteiger charge is -2.44. The van der Waals surface area contributed by atoms with E-state index < -0.39 is 0 Å². The summed E-state index contributed by atoms with van der Waals surface area (Å²) in [6, 6.07) is -0.0990. The SMILES string of the molecule is O=C(C1CC=CCC1)N1CC(N2C(=O)CSC2=O)C1. The van der Waals surface area contributed by atoms with Crippen molar-refractivity contribution in [2.24, 2.45) is 5.92 Å². The van der Waals surface area contributed by atoms with Crippen molar-refractivity contribution < 1.29 is 14.4 Å².